The molecule has 3 rings (SSSR count). The first kappa shape index (κ1) is 13.4. The van der Waals surface area contributed by atoms with Crippen LogP contribution in [0.25, 0.3) is 0 Å². The molecule has 1 fully saturated rings. The molecular formula is C18H22O2. The Morgan fingerprint density at radius 3 is 3.00 bits per heavy atom. The minimum Gasteiger partial charge on any atom is -0.508 e. The molecule has 1 atom stereocenters. The van der Waals surface area contributed by atoms with E-state index in [0.717, 1.165) is 19.3 Å². The summed E-state index contributed by atoms with van der Waals surface area (Å²) in [6.45, 7) is 2.22. The predicted molar refractivity (Wildman–Crippen MR) is 80.0 cm³/mol. The molecular weight excluding hydrogens is 248 g/mol. The Labute approximate surface area is 120 Å². The Morgan fingerprint density at radius 2 is 2.20 bits per heavy atom. The summed E-state index contributed by atoms with van der Waals surface area (Å²) in [6.07, 6.45) is 8.85. The third kappa shape index (κ3) is 2.07. The van der Waals surface area contributed by atoms with E-state index in [0.29, 0.717) is 24.4 Å². The van der Waals surface area contributed by atoms with Crippen LogP contribution in [0.15, 0.2) is 29.8 Å². The smallest absolute Gasteiger partial charge is 0.137 e. The highest BCUT2D eigenvalue weighted by atomic mass is 16.3. The molecule has 0 radical (unpaired) electrons. The second kappa shape index (κ2) is 5.08. The van der Waals surface area contributed by atoms with Gasteiger partial charge in [-0.2, -0.15) is 0 Å². The quantitative estimate of drug-likeness (QED) is 0.841. The van der Waals surface area contributed by atoms with Crippen molar-refractivity contribution in [2.24, 2.45) is 0 Å². The standard InChI is InChI=1S/C18H22O2/c1-2-3-9-18-10-8-16(20)12-14(18)5-4-13-11-15(19)6-7-17(13)18/h5-7,11,19H,2-4,8-10,12H2,1H3. The lowest BCUT2D eigenvalue weighted by Crippen LogP contribution is -2.37. The fourth-order valence-corrected chi connectivity index (χ4v) is 3.91. The normalized spacial score (nSPS) is 24.9. The zero-order chi connectivity index (χ0) is 14.2. The van der Waals surface area contributed by atoms with Crippen LogP contribution in [0, 0.1) is 0 Å². The molecule has 0 saturated heterocycles. The molecule has 20 heavy (non-hydrogen) atoms. The molecule has 0 aliphatic heterocycles. The Bertz CT molecular complexity index is 571. The minimum atomic E-state index is 0.0607. The first-order valence-electron chi connectivity index (χ1n) is 7.69. The Morgan fingerprint density at radius 1 is 1.35 bits per heavy atom. The molecule has 1 saturated carbocycles. The maximum atomic E-state index is 11.8. The summed E-state index contributed by atoms with van der Waals surface area (Å²) in [5.41, 5.74) is 3.99. The molecule has 1 N–H and O–H groups in total. The number of ketones is 1. The van der Waals surface area contributed by atoms with Crippen molar-refractivity contribution in [1.82, 2.24) is 0 Å². The number of phenols is 1. The highest BCUT2D eigenvalue weighted by Gasteiger charge is 2.42. The number of phenolic OH excluding ortho intramolecular Hbond substituents is 1. The number of Topliss-reactive ketones (excluding diaryl/α,β-unsaturated/α-hetero) is 1. The number of aromatic hydroxyl groups is 1. The van der Waals surface area contributed by atoms with E-state index >= 15 is 0 Å². The van der Waals surface area contributed by atoms with Crippen LogP contribution < -0.4 is 0 Å². The minimum absolute atomic E-state index is 0.0607. The summed E-state index contributed by atoms with van der Waals surface area (Å²) < 4.78 is 0. The number of hydrogen-bond acceptors (Lipinski definition) is 2. The lowest BCUT2D eigenvalue weighted by molar-refractivity contribution is -0.119. The van der Waals surface area contributed by atoms with Gasteiger partial charge in [0, 0.05) is 18.3 Å². The number of rotatable bonds is 3. The molecule has 2 aliphatic rings. The number of carbonyl (C=O) groups excluding carboxylic acids is 1. The van der Waals surface area contributed by atoms with Crippen molar-refractivity contribution >= 4 is 5.78 Å². The SMILES string of the molecule is CCCCC12CCC(=O)CC1=CCc1cc(O)ccc12. The topological polar surface area (TPSA) is 37.3 Å². The van der Waals surface area contributed by atoms with Crippen LogP contribution in [0.4, 0.5) is 0 Å². The molecule has 106 valence electrons. The predicted octanol–water partition coefficient (Wildman–Crippen LogP) is 4.06. The Kier molecular flexibility index (Phi) is 3.41. The second-order valence-electron chi connectivity index (χ2n) is 6.18. The van der Waals surface area contributed by atoms with Crippen LogP contribution >= 0.6 is 0 Å². The van der Waals surface area contributed by atoms with E-state index in [2.05, 4.69) is 19.1 Å². The van der Waals surface area contributed by atoms with Crippen LogP contribution in [-0.2, 0) is 16.6 Å². The number of allylic oxidation sites excluding steroid dienone is 2. The molecule has 2 heteroatoms. The van der Waals surface area contributed by atoms with Gasteiger partial charge in [0.2, 0.25) is 0 Å². The zero-order valence-electron chi connectivity index (χ0n) is 12.1. The Hall–Kier alpha value is -1.57. The van der Waals surface area contributed by atoms with E-state index in [1.807, 2.05) is 6.07 Å². The van der Waals surface area contributed by atoms with Gasteiger partial charge in [-0.3, -0.25) is 4.79 Å². The van der Waals surface area contributed by atoms with Crippen LogP contribution in [0.5, 0.6) is 5.75 Å². The molecule has 1 aromatic carbocycles. The fourth-order valence-electron chi connectivity index (χ4n) is 3.91. The first-order valence-corrected chi connectivity index (χ1v) is 7.69. The molecule has 2 nitrogen and oxygen atoms in total. The van der Waals surface area contributed by atoms with Gasteiger partial charge in [-0.15, -0.1) is 0 Å². The maximum Gasteiger partial charge on any atom is 0.137 e. The maximum absolute atomic E-state index is 11.8. The van der Waals surface area contributed by atoms with E-state index < -0.39 is 0 Å². The largest absolute Gasteiger partial charge is 0.508 e. The van der Waals surface area contributed by atoms with Crippen molar-refractivity contribution in [1.29, 1.82) is 0 Å². The fraction of sp³-hybridized carbons (Fsp3) is 0.500. The summed E-state index contributed by atoms with van der Waals surface area (Å²) >= 11 is 0. The van der Waals surface area contributed by atoms with Crippen LogP contribution in [-0.4, -0.2) is 10.9 Å². The van der Waals surface area contributed by atoms with Gasteiger partial charge in [-0.25, -0.2) is 0 Å². The third-order valence-electron chi connectivity index (χ3n) is 4.96. The van der Waals surface area contributed by atoms with Crippen molar-refractivity contribution in [3.63, 3.8) is 0 Å². The number of benzene rings is 1. The highest BCUT2D eigenvalue weighted by molar-refractivity contribution is 5.84. The summed E-state index contributed by atoms with van der Waals surface area (Å²) in [5, 5.41) is 9.71. The van der Waals surface area contributed by atoms with Gasteiger partial charge in [-0.05, 0) is 42.5 Å². The zero-order valence-corrected chi connectivity index (χ0v) is 12.1. The Balaban J connectivity index is 2.08. The second-order valence-corrected chi connectivity index (χ2v) is 6.18. The lowest BCUT2D eigenvalue weighted by atomic mass is 9.60. The summed E-state index contributed by atoms with van der Waals surface area (Å²) in [6, 6.07) is 5.78. The van der Waals surface area contributed by atoms with Crippen LogP contribution in [0.2, 0.25) is 0 Å². The number of hydrogen-bond donors (Lipinski definition) is 1. The molecule has 0 aromatic heterocycles. The highest BCUT2D eigenvalue weighted by Crippen LogP contribution is 2.50. The van der Waals surface area contributed by atoms with Crippen molar-refractivity contribution in [2.75, 3.05) is 0 Å². The molecule has 0 spiro atoms. The molecule has 2 aliphatic carbocycles. The van der Waals surface area contributed by atoms with Gasteiger partial charge >= 0.3 is 0 Å². The monoisotopic (exact) mass is 270 g/mol. The molecule has 1 aromatic rings. The molecule has 1 unspecified atom stereocenters. The average Bonchev–Trinajstić information content (AvgIpc) is 2.45. The average molecular weight is 270 g/mol. The third-order valence-corrected chi connectivity index (χ3v) is 4.96. The van der Waals surface area contributed by atoms with Crippen LogP contribution in [0.1, 0.15) is 56.6 Å². The summed E-state index contributed by atoms with van der Waals surface area (Å²) in [5.74, 6) is 0.726. The van der Waals surface area contributed by atoms with Crippen molar-refractivity contribution in [2.45, 2.75) is 57.3 Å². The van der Waals surface area contributed by atoms with Crippen molar-refractivity contribution in [3.8, 4) is 5.75 Å². The van der Waals surface area contributed by atoms with E-state index in [9.17, 15) is 9.90 Å². The first-order chi connectivity index (χ1) is 9.65. The number of fused-ring (bicyclic) bond motifs is 3. The lowest BCUT2D eigenvalue weighted by Gasteiger charge is -2.43. The molecule has 0 amide bonds. The van der Waals surface area contributed by atoms with Crippen molar-refractivity contribution in [3.05, 3.63) is 41.0 Å². The van der Waals surface area contributed by atoms with Gasteiger partial charge in [0.25, 0.3) is 0 Å². The van der Waals surface area contributed by atoms with Gasteiger partial charge in [0.1, 0.15) is 11.5 Å². The van der Waals surface area contributed by atoms with Gasteiger partial charge in [0.05, 0.1) is 0 Å². The van der Waals surface area contributed by atoms with E-state index in [4.69, 9.17) is 0 Å². The van der Waals surface area contributed by atoms with Gasteiger partial charge in [-0.1, -0.05) is 37.5 Å². The molecule has 0 bridgehead atoms. The number of carbonyl (C=O) groups is 1. The van der Waals surface area contributed by atoms with Crippen LogP contribution in [0.3, 0.4) is 0 Å². The number of unbranched alkanes of at least 4 members (excludes halogenated alkanes) is 1. The van der Waals surface area contributed by atoms with E-state index in [-0.39, 0.29) is 5.41 Å². The van der Waals surface area contributed by atoms with Gasteiger partial charge < -0.3 is 5.11 Å². The van der Waals surface area contributed by atoms with E-state index in [1.54, 1.807) is 6.07 Å². The van der Waals surface area contributed by atoms with Gasteiger partial charge in [0.15, 0.2) is 0 Å². The summed E-state index contributed by atoms with van der Waals surface area (Å²) in [7, 11) is 0. The van der Waals surface area contributed by atoms with E-state index in [1.165, 1.54) is 29.5 Å². The summed E-state index contributed by atoms with van der Waals surface area (Å²) in [4.78, 5) is 11.8. The van der Waals surface area contributed by atoms with Crippen molar-refractivity contribution < 1.29 is 9.90 Å². The molecule has 0 heterocycles.